The standard InChI is InChI=1S/C17H17ClN2O5S/c1-4-20-13-9-16(10(2)7-15(13)25-17(20)21)26(22,23)19-12-8-11(18)5-6-14(12)24-3/h5-9,19H,4H2,1-3H3. The normalized spacial score (nSPS) is 11.7. The molecule has 0 spiro atoms. The first-order valence-corrected chi connectivity index (χ1v) is 9.63. The molecule has 0 aliphatic carbocycles. The number of aryl methyl sites for hydroxylation is 2. The molecule has 0 unspecified atom stereocenters. The van der Waals surface area contributed by atoms with E-state index in [0.29, 0.717) is 34.0 Å². The minimum Gasteiger partial charge on any atom is -0.495 e. The smallest absolute Gasteiger partial charge is 0.419 e. The minimum atomic E-state index is -3.95. The van der Waals surface area contributed by atoms with Crippen molar-refractivity contribution in [1.82, 2.24) is 4.57 Å². The van der Waals surface area contributed by atoms with Gasteiger partial charge >= 0.3 is 5.76 Å². The Balaban J connectivity index is 2.14. The van der Waals surface area contributed by atoms with Gasteiger partial charge in [-0.15, -0.1) is 0 Å². The highest BCUT2D eigenvalue weighted by Gasteiger charge is 2.22. The minimum absolute atomic E-state index is 0.0371. The largest absolute Gasteiger partial charge is 0.495 e. The Morgan fingerprint density at radius 3 is 2.65 bits per heavy atom. The average molecular weight is 397 g/mol. The number of sulfonamides is 1. The summed E-state index contributed by atoms with van der Waals surface area (Å²) in [6.07, 6.45) is 0. The number of hydrogen-bond donors (Lipinski definition) is 1. The van der Waals surface area contributed by atoms with Crippen LogP contribution in [0, 0.1) is 6.92 Å². The highest BCUT2D eigenvalue weighted by molar-refractivity contribution is 7.92. The molecule has 26 heavy (non-hydrogen) atoms. The third-order valence-corrected chi connectivity index (χ3v) is 5.72. The predicted molar refractivity (Wildman–Crippen MR) is 99.7 cm³/mol. The number of halogens is 1. The van der Waals surface area contributed by atoms with E-state index >= 15 is 0 Å². The van der Waals surface area contributed by atoms with E-state index in [4.69, 9.17) is 20.8 Å². The van der Waals surface area contributed by atoms with Crippen molar-refractivity contribution < 1.29 is 17.6 Å². The van der Waals surface area contributed by atoms with Crippen LogP contribution in [0.15, 0.2) is 44.4 Å². The lowest BCUT2D eigenvalue weighted by atomic mass is 10.2. The Kier molecular flexibility index (Phi) is 4.72. The lowest BCUT2D eigenvalue weighted by molar-refractivity contribution is 0.417. The first-order valence-electron chi connectivity index (χ1n) is 7.77. The van der Waals surface area contributed by atoms with Gasteiger partial charge in [0.25, 0.3) is 10.0 Å². The van der Waals surface area contributed by atoms with Crippen molar-refractivity contribution >= 4 is 38.4 Å². The molecule has 1 aromatic heterocycles. The van der Waals surface area contributed by atoms with Crippen molar-refractivity contribution in [3.63, 3.8) is 0 Å². The van der Waals surface area contributed by atoms with Crippen LogP contribution in [0.1, 0.15) is 12.5 Å². The maximum Gasteiger partial charge on any atom is 0.419 e. The summed E-state index contributed by atoms with van der Waals surface area (Å²) in [5.74, 6) is -0.189. The highest BCUT2D eigenvalue weighted by Crippen LogP contribution is 2.31. The van der Waals surface area contributed by atoms with Crippen LogP contribution in [0.25, 0.3) is 11.1 Å². The van der Waals surface area contributed by atoms with Crippen molar-refractivity contribution in [2.45, 2.75) is 25.3 Å². The monoisotopic (exact) mass is 396 g/mol. The molecule has 0 atom stereocenters. The van der Waals surface area contributed by atoms with Crippen molar-refractivity contribution in [2.75, 3.05) is 11.8 Å². The second-order valence-corrected chi connectivity index (χ2v) is 7.74. The van der Waals surface area contributed by atoms with Crippen molar-refractivity contribution in [2.24, 2.45) is 0 Å². The topological polar surface area (TPSA) is 90.5 Å². The third-order valence-electron chi connectivity index (χ3n) is 3.98. The number of hydrogen-bond acceptors (Lipinski definition) is 5. The van der Waals surface area contributed by atoms with E-state index in [1.54, 1.807) is 26.0 Å². The van der Waals surface area contributed by atoms with Gasteiger partial charge in [0.15, 0.2) is 5.58 Å². The highest BCUT2D eigenvalue weighted by atomic mass is 35.5. The van der Waals surface area contributed by atoms with Crippen LogP contribution in [-0.4, -0.2) is 20.1 Å². The summed E-state index contributed by atoms with van der Waals surface area (Å²) in [5.41, 5.74) is 1.43. The second-order valence-electron chi connectivity index (χ2n) is 5.65. The molecule has 9 heteroatoms. The van der Waals surface area contributed by atoms with E-state index < -0.39 is 15.8 Å². The molecule has 0 aliphatic heterocycles. The van der Waals surface area contributed by atoms with E-state index in [1.165, 1.54) is 29.9 Å². The van der Waals surface area contributed by atoms with E-state index in [-0.39, 0.29) is 10.6 Å². The number of nitrogens with zero attached hydrogens (tertiary/aromatic N) is 1. The van der Waals surface area contributed by atoms with Crippen LogP contribution in [0.4, 0.5) is 5.69 Å². The van der Waals surface area contributed by atoms with Crippen LogP contribution in [0.2, 0.25) is 5.02 Å². The molecular formula is C17H17ClN2O5S. The van der Waals surface area contributed by atoms with Gasteiger partial charge in [0.05, 0.1) is 23.2 Å². The van der Waals surface area contributed by atoms with Crippen LogP contribution in [0.5, 0.6) is 5.75 Å². The summed E-state index contributed by atoms with van der Waals surface area (Å²) < 4.78 is 40.0. The summed E-state index contributed by atoms with van der Waals surface area (Å²) >= 11 is 5.96. The maximum atomic E-state index is 12.9. The molecule has 7 nitrogen and oxygen atoms in total. The predicted octanol–water partition coefficient (Wildman–Crippen LogP) is 3.39. The Morgan fingerprint density at radius 1 is 1.27 bits per heavy atom. The van der Waals surface area contributed by atoms with E-state index in [2.05, 4.69) is 4.72 Å². The Bertz CT molecular complexity index is 1150. The fourth-order valence-corrected chi connectivity index (χ4v) is 4.22. The Hall–Kier alpha value is -2.45. The number of nitrogens with one attached hydrogen (secondary N) is 1. The van der Waals surface area contributed by atoms with Gasteiger partial charge in [0.2, 0.25) is 0 Å². The zero-order valence-corrected chi connectivity index (χ0v) is 15.9. The van der Waals surface area contributed by atoms with E-state index in [1.807, 2.05) is 0 Å². The summed E-state index contributed by atoms with van der Waals surface area (Å²) in [4.78, 5) is 11.9. The molecule has 3 rings (SSSR count). The second kappa shape index (κ2) is 6.69. The zero-order chi connectivity index (χ0) is 19.1. The number of methoxy groups -OCH3 is 1. The molecule has 138 valence electrons. The Labute approximate surface area is 155 Å². The number of aromatic nitrogens is 1. The molecule has 0 fully saturated rings. The fraction of sp³-hybridized carbons (Fsp3) is 0.235. The lowest BCUT2D eigenvalue weighted by Gasteiger charge is -2.13. The lowest BCUT2D eigenvalue weighted by Crippen LogP contribution is -2.16. The van der Waals surface area contributed by atoms with Gasteiger partial charge in [-0.05, 0) is 49.7 Å². The van der Waals surface area contributed by atoms with Gasteiger partial charge in [-0.3, -0.25) is 9.29 Å². The van der Waals surface area contributed by atoms with Gasteiger partial charge in [0, 0.05) is 11.6 Å². The fourth-order valence-electron chi connectivity index (χ4n) is 2.74. The zero-order valence-electron chi connectivity index (χ0n) is 14.4. The van der Waals surface area contributed by atoms with Crippen LogP contribution >= 0.6 is 11.6 Å². The third kappa shape index (κ3) is 3.17. The number of ether oxygens (including phenoxy) is 1. The van der Waals surface area contributed by atoms with Crippen LogP contribution in [-0.2, 0) is 16.6 Å². The molecule has 1 N–H and O–H groups in total. The number of anilines is 1. The van der Waals surface area contributed by atoms with Gasteiger partial charge in [-0.1, -0.05) is 11.6 Å². The van der Waals surface area contributed by atoms with Crippen molar-refractivity contribution in [3.8, 4) is 5.75 Å². The van der Waals surface area contributed by atoms with Crippen LogP contribution < -0.4 is 15.2 Å². The Morgan fingerprint density at radius 2 is 2.00 bits per heavy atom. The maximum absolute atomic E-state index is 12.9. The number of benzene rings is 2. The molecule has 0 radical (unpaired) electrons. The molecule has 0 amide bonds. The summed E-state index contributed by atoms with van der Waals surface area (Å²) in [7, 11) is -2.51. The van der Waals surface area contributed by atoms with E-state index in [0.717, 1.165) is 0 Å². The quantitative estimate of drug-likeness (QED) is 0.713. The molecule has 2 aromatic carbocycles. The van der Waals surface area contributed by atoms with Gasteiger partial charge in [-0.25, -0.2) is 13.2 Å². The molecule has 0 saturated heterocycles. The van der Waals surface area contributed by atoms with Gasteiger partial charge in [0.1, 0.15) is 5.75 Å². The molecule has 0 aliphatic rings. The first-order chi connectivity index (χ1) is 12.3. The SMILES string of the molecule is CCn1c(=O)oc2cc(C)c(S(=O)(=O)Nc3cc(Cl)ccc3OC)cc21. The molecular weight excluding hydrogens is 380 g/mol. The van der Waals surface area contributed by atoms with Gasteiger partial charge < -0.3 is 9.15 Å². The number of fused-ring (bicyclic) bond motifs is 1. The van der Waals surface area contributed by atoms with Gasteiger partial charge in [-0.2, -0.15) is 0 Å². The summed E-state index contributed by atoms with van der Waals surface area (Å²) in [6, 6.07) is 7.60. The number of oxazole rings is 1. The molecule has 0 saturated carbocycles. The molecule has 3 aromatic rings. The number of rotatable bonds is 5. The molecule has 1 heterocycles. The summed E-state index contributed by atoms with van der Waals surface area (Å²) in [5, 5.41) is 0.366. The summed E-state index contributed by atoms with van der Waals surface area (Å²) in [6.45, 7) is 3.77. The molecule has 0 bridgehead atoms. The van der Waals surface area contributed by atoms with Crippen molar-refractivity contribution in [3.05, 3.63) is 51.5 Å². The van der Waals surface area contributed by atoms with Crippen molar-refractivity contribution in [1.29, 1.82) is 0 Å². The average Bonchev–Trinajstić information content (AvgIpc) is 2.87. The first kappa shape index (κ1) is 18.3. The van der Waals surface area contributed by atoms with Crippen LogP contribution in [0.3, 0.4) is 0 Å². The van der Waals surface area contributed by atoms with E-state index in [9.17, 15) is 13.2 Å².